The maximum absolute atomic E-state index is 10.1. The Morgan fingerprint density at radius 3 is 2.45 bits per heavy atom. The summed E-state index contributed by atoms with van der Waals surface area (Å²) in [5, 5.41) is 17.4. The maximum Gasteiger partial charge on any atom is 0.518 e. The van der Waals surface area contributed by atoms with E-state index in [0.29, 0.717) is 12.8 Å². The summed E-state index contributed by atoms with van der Waals surface area (Å²) in [6.07, 6.45) is 0.472. The van der Waals surface area contributed by atoms with E-state index in [-0.39, 0.29) is 13.0 Å². The van der Waals surface area contributed by atoms with E-state index in [1.165, 1.54) is 0 Å². The van der Waals surface area contributed by atoms with Crippen LogP contribution in [-0.2, 0) is 9.47 Å². The van der Waals surface area contributed by atoms with Crippen molar-refractivity contribution in [3.8, 4) is 0 Å². The van der Waals surface area contributed by atoms with E-state index in [9.17, 15) is 4.79 Å². The summed E-state index contributed by atoms with van der Waals surface area (Å²) >= 11 is 0. The molecule has 5 nitrogen and oxygen atoms in total. The van der Waals surface area contributed by atoms with E-state index in [1.807, 2.05) is 0 Å². The molecule has 0 aliphatic carbocycles. The average molecular weight is 162 g/mol. The largest absolute Gasteiger partial charge is 0.518 e. The molecular weight excluding hydrogens is 152 g/mol. The van der Waals surface area contributed by atoms with E-state index in [0.717, 1.165) is 0 Å². The van der Waals surface area contributed by atoms with Crippen molar-refractivity contribution in [1.82, 2.24) is 0 Å². The number of unbranched alkanes of at least 4 members (excludes halogenated alkanes) is 1. The summed E-state index contributed by atoms with van der Waals surface area (Å²) in [7, 11) is 0. The monoisotopic (exact) mass is 162 g/mol. The van der Waals surface area contributed by atoms with Gasteiger partial charge in [-0.05, 0) is 12.8 Å². The second-order valence-corrected chi connectivity index (χ2v) is 2.35. The first kappa shape index (κ1) is 8.29. The summed E-state index contributed by atoms with van der Waals surface area (Å²) in [6.45, 7) is 0.0596. The number of cyclic esters (lactones) is 2. The molecule has 64 valence electrons. The van der Waals surface area contributed by atoms with Crippen LogP contribution in [0.2, 0.25) is 0 Å². The van der Waals surface area contributed by atoms with Gasteiger partial charge < -0.3 is 19.7 Å². The summed E-state index contributed by atoms with van der Waals surface area (Å²) in [4.78, 5) is 10.1. The lowest BCUT2D eigenvalue weighted by Gasteiger charge is -2.33. The Balaban J connectivity index is 2.11. The number of carbonyl (C=O) groups excluding carboxylic acids is 1. The van der Waals surface area contributed by atoms with E-state index >= 15 is 0 Å². The van der Waals surface area contributed by atoms with Crippen LogP contribution in [0.4, 0.5) is 4.79 Å². The number of aliphatic hydroxyl groups excluding tert-OH is 1. The van der Waals surface area contributed by atoms with Crippen LogP contribution in [0, 0.1) is 0 Å². The van der Waals surface area contributed by atoms with Gasteiger partial charge >= 0.3 is 12.1 Å². The molecule has 0 bridgehead atoms. The topological polar surface area (TPSA) is 76.0 Å². The standard InChI is InChI=1S/C6H10O5/c7-4-2-1-3-6(9)10-5(8)11-6/h7,9H,1-4H2. The predicted octanol–water partition coefficient (Wildman–Crippen LogP) is -0.0381. The lowest BCUT2D eigenvalue weighted by molar-refractivity contribution is -0.388. The fraction of sp³-hybridized carbons (Fsp3) is 0.833. The quantitative estimate of drug-likeness (QED) is 0.448. The normalized spacial score (nSPS) is 20.0. The number of carbonyl (C=O) groups is 1. The van der Waals surface area contributed by atoms with Crippen molar-refractivity contribution >= 4 is 6.16 Å². The number of aliphatic hydroxyl groups is 2. The van der Waals surface area contributed by atoms with Crippen LogP contribution in [0.15, 0.2) is 0 Å². The number of rotatable bonds is 4. The van der Waals surface area contributed by atoms with Gasteiger partial charge in [0.25, 0.3) is 0 Å². The van der Waals surface area contributed by atoms with E-state index in [2.05, 4.69) is 9.47 Å². The molecule has 0 amide bonds. The van der Waals surface area contributed by atoms with Crippen molar-refractivity contribution in [2.24, 2.45) is 0 Å². The van der Waals surface area contributed by atoms with Crippen LogP contribution >= 0.6 is 0 Å². The zero-order valence-electron chi connectivity index (χ0n) is 5.95. The first-order chi connectivity index (χ1) is 5.16. The maximum atomic E-state index is 10.1. The van der Waals surface area contributed by atoms with Crippen molar-refractivity contribution in [2.75, 3.05) is 6.61 Å². The fourth-order valence-electron chi connectivity index (χ4n) is 0.830. The Kier molecular flexibility index (Phi) is 2.31. The lowest BCUT2D eigenvalue weighted by Crippen LogP contribution is -2.49. The highest BCUT2D eigenvalue weighted by Crippen LogP contribution is 2.27. The van der Waals surface area contributed by atoms with Crippen molar-refractivity contribution in [3.63, 3.8) is 0 Å². The Labute approximate surface area is 63.5 Å². The molecular formula is C6H10O5. The van der Waals surface area contributed by atoms with Crippen LogP contribution in [-0.4, -0.2) is 28.9 Å². The molecule has 0 unspecified atom stereocenters. The van der Waals surface area contributed by atoms with E-state index < -0.39 is 12.1 Å². The Morgan fingerprint density at radius 2 is 2.00 bits per heavy atom. The third-order valence-corrected chi connectivity index (χ3v) is 1.39. The predicted molar refractivity (Wildman–Crippen MR) is 33.5 cm³/mol. The molecule has 1 heterocycles. The van der Waals surface area contributed by atoms with Crippen LogP contribution < -0.4 is 0 Å². The van der Waals surface area contributed by atoms with Gasteiger partial charge in [0.05, 0.1) is 6.42 Å². The van der Waals surface area contributed by atoms with Gasteiger partial charge in [-0.15, -0.1) is 0 Å². The van der Waals surface area contributed by atoms with Crippen molar-refractivity contribution in [3.05, 3.63) is 0 Å². The fourth-order valence-corrected chi connectivity index (χ4v) is 0.830. The molecule has 0 spiro atoms. The second kappa shape index (κ2) is 3.06. The Bertz CT molecular complexity index is 147. The molecule has 1 saturated heterocycles. The van der Waals surface area contributed by atoms with Crippen molar-refractivity contribution in [1.29, 1.82) is 0 Å². The van der Waals surface area contributed by atoms with Gasteiger partial charge in [0.15, 0.2) is 0 Å². The zero-order valence-corrected chi connectivity index (χ0v) is 5.95. The van der Waals surface area contributed by atoms with Crippen molar-refractivity contribution < 1.29 is 24.5 Å². The molecule has 0 saturated carbocycles. The molecule has 2 N–H and O–H groups in total. The van der Waals surface area contributed by atoms with Gasteiger partial charge in [0, 0.05) is 6.61 Å². The molecule has 1 aliphatic heterocycles. The SMILES string of the molecule is O=C1OC(O)(CCCCO)O1. The molecule has 0 radical (unpaired) electrons. The van der Waals surface area contributed by atoms with Gasteiger partial charge in [0.2, 0.25) is 0 Å². The molecule has 0 aromatic carbocycles. The Hall–Kier alpha value is -0.810. The first-order valence-corrected chi connectivity index (χ1v) is 3.41. The minimum absolute atomic E-state index is 0.0596. The number of hydrogen-bond acceptors (Lipinski definition) is 5. The van der Waals surface area contributed by atoms with Gasteiger partial charge in [0.1, 0.15) is 0 Å². The summed E-state index contributed by atoms with van der Waals surface area (Å²) < 4.78 is 8.57. The zero-order chi connectivity index (χ0) is 8.32. The molecule has 0 aromatic rings. The van der Waals surface area contributed by atoms with Crippen LogP contribution in [0.5, 0.6) is 0 Å². The first-order valence-electron chi connectivity index (χ1n) is 3.41. The summed E-state index contributed by atoms with van der Waals surface area (Å²) in [5.74, 6) is -1.72. The van der Waals surface area contributed by atoms with Crippen LogP contribution in [0.1, 0.15) is 19.3 Å². The van der Waals surface area contributed by atoms with Gasteiger partial charge in [-0.2, -0.15) is 0 Å². The van der Waals surface area contributed by atoms with Gasteiger partial charge in [-0.3, -0.25) is 0 Å². The molecule has 1 rings (SSSR count). The average Bonchev–Trinajstić information content (AvgIpc) is 1.85. The molecule has 5 heteroatoms. The van der Waals surface area contributed by atoms with Crippen LogP contribution in [0.25, 0.3) is 0 Å². The van der Waals surface area contributed by atoms with Gasteiger partial charge in [-0.25, -0.2) is 4.79 Å². The van der Waals surface area contributed by atoms with Crippen molar-refractivity contribution in [2.45, 2.75) is 25.2 Å². The summed E-state index contributed by atoms with van der Waals surface area (Å²) in [6, 6.07) is 0. The third kappa shape index (κ3) is 2.06. The minimum Gasteiger partial charge on any atom is -0.396 e. The summed E-state index contributed by atoms with van der Waals surface area (Å²) in [5.41, 5.74) is 0. The second-order valence-electron chi connectivity index (χ2n) is 2.35. The Morgan fingerprint density at radius 1 is 1.36 bits per heavy atom. The molecule has 11 heavy (non-hydrogen) atoms. The van der Waals surface area contributed by atoms with Gasteiger partial charge in [-0.1, -0.05) is 0 Å². The highest BCUT2D eigenvalue weighted by Gasteiger charge is 2.46. The molecule has 1 fully saturated rings. The molecule has 0 atom stereocenters. The van der Waals surface area contributed by atoms with Crippen LogP contribution in [0.3, 0.4) is 0 Å². The third-order valence-electron chi connectivity index (χ3n) is 1.39. The lowest BCUT2D eigenvalue weighted by atomic mass is 10.2. The van der Waals surface area contributed by atoms with E-state index in [4.69, 9.17) is 10.2 Å². The molecule has 1 aliphatic rings. The molecule has 0 aromatic heterocycles. The highest BCUT2D eigenvalue weighted by molar-refractivity contribution is 5.64. The smallest absolute Gasteiger partial charge is 0.396 e. The highest BCUT2D eigenvalue weighted by atomic mass is 17.0. The van der Waals surface area contributed by atoms with E-state index in [1.54, 1.807) is 0 Å². The minimum atomic E-state index is -1.72. The number of ether oxygens (including phenoxy) is 2. The number of hydrogen-bond donors (Lipinski definition) is 2.